The zero-order valence-electron chi connectivity index (χ0n) is 14.5. The lowest BCUT2D eigenvalue weighted by Gasteiger charge is -2.08. The molecule has 0 amide bonds. The first kappa shape index (κ1) is 17.9. The minimum Gasteiger partial charge on any atom is -0.478 e. The van der Waals surface area contributed by atoms with Crippen LogP contribution in [0.15, 0.2) is 68.0 Å². The van der Waals surface area contributed by atoms with Gasteiger partial charge in [0.25, 0.3) is 0 Å². The van der Waals surface area contributed by atoms with E-state index in [9.17, 15) is 4.79 Å². The Morgan fingerprint density at radius 3 is 1.89 bits per heavy atom. The van der Waals surface area contributed by atoms with E-state index in [4.69, 9.17) is 5.11 Å². The zero-order valence-corrected chi connectivity index (χ0v) is 14.5. The topological polar surface area (TPSA) is 76.0 Å². The Morgan fingerprint density at radius 1 is 0.815 bits per heavy atom. The van der Waals surface area contributed by atoms with Gasteiger partial charge in [-0.2, -0.15) is 0 Å². The SMILES string of the molecule is C=Cc1ccnc(-c2cc(C=C)cc(-c3cc(/C=C/C(=O)O)ccn3)n2)c1. The van der Waals surface area contributed by atoms with Gasteiger partial charge in [0.1, 0.15) is 0 Å². The Kier molecular flexibility index (Phi) is 5.33. The van der Waals surface area contributed by atoms with E-state index >= 15 is 0 Å². The molecule has 0 saturated carbocycles. The Morgan fingerprint density at radius 2 is 1.33 bits per heavy atom. The molecule has 5 nitrogen and oxygen atoms in total. The lowest BCUT2D eigenvalue weighted by atomic mass is 10.1. The van der Waals surface area contributed by atoms with Crippen LogP contribution >= 0.6 is 0 Å². The van der Waals surface area contributed by atoms with Crippen LogP contribution in [0.1, 0.15) is 16.7 Å². The standard InChI is InChI=1S/C22H17N3O2/c1-3-15-7-9-23-18(11-15)20-12-16(4-2)13-21(25-20)19-14-17(8-10-24-19)5-6-22(26)27/h3-14H,1-2H2,(H,26,27)/b6-5+. The van der Waals surface area contributed by atoms with E-state index in [0.29, 0.717) is 17.1 Å². The van der Waals surface area contributed by atoms with Crippen molar-refractivity contribution in [3.05, 3.63) is 84.7 Å². The van der Waals surface area contributed by atoms with Crippen LogP contribution in [0.25, 0.3) is 41.0 Å². The summed E-state index contributed by atoms with van der Waals surface area (Å²) in [7, 11) is 0. The number of hydrogen-bond donors (Lipinski definition) is 1. The number of nitrogens with zero attached hydrogens (tertiary/aromatic N) is 3. The number of aromatic nitrogens is 3. The average Bonchev–Trinajstić information content (AvgIpc) is 2.72. The molecule has 0 spiro atoms. The van der Waals surface area contributed by atoms with Crippen molar-refractivity contribution in [1.29, 1.82) is 0 Å². The van der Waals surface area contributed by atoms with Crippen molar-refractivity contribution in [2.45, 2.75) is 0 Å². The van der Waals surface area contributed by atoms with Gasteiger partial charge in [0.05, 0.1) is 22.8 Å². The molecule has 3 aromatic rings. The Balaban J connectivity index is 2.08. The summed E-state index contributed by atoms with van der Waals surface area (Å²) in [6, 6.07) is 11.1. The summed E-state index contributed by atoms with van der Waals surface area (Å²) >= 11 is 0. The number of aliphatic carboxylic acids is 1. The van der Waals surface area contributed by atoms with Crippen molar-refractivity contribution in [2.24, 2.45) is 0 Å². The van der Waals surface area contributed by atoms with Gasteiger partial charge >= 0.3 is 5.97 Å². The molecule has 0 bridgehead atoms. The monoisotopic (exact) mass is 355 g/mol. The summed E-state index contributed by atoms with van der Waals surface area (Å²) in [5.74, 6) is -1.00. The van der Waals surface area contributed by atoms with Gasteiger partial charge in [-0.3, -0.25) is 9.97 Å². The summed E-state index contributed by atoms with van der Waals surface area (Å²) in [5.41, 5.74) is 5.26. The Labute approximate surface area is 157 Å². The van der Waals surface area contributed by atoms with Crippen LogP contribution in [-0.2, 0) is 4.79 Å². The summed E-state index contributed by atoms with van der Waals surface area (Å²) in [6.07, 6.45) is 9.42. The van der Waals surface area contributed by atoms with Crippen molar-refractivity contribution >= 4 is 24.2 Å². The number of hydrogen-bond acceptors (Lipinski definition) is 4. The molecule has 1 N–H and O–H groups in total. The van der Waals surface area contributed by atoms with Crippen LogP contribution in [0.3, 0.4) is 0 Å². The molecule has 0 saturated heterocycles. The molecule has 132 valence electrons. The van der Waals surface area contributed by atoms with E-state index in [1.807, 2.05) is 24.3 Å². The minimum atomic E-state index is -1.00. The maximum absolute atomic E-state index is 10.7. The molecule has 3 rings (SSSR count). The molecule has 0 atom stereocenters. The first-order chi connectivity index (χ1) is 13.1. The number of pyridine rings is 3. The fourth-order valence-electron chi connectivity index (χ4n) is 2.50. The number of carbonyl (C=O) groups is 1. The second-order valence-electron chi connectivity index (χ2n) is 5.70. The van der Waals surface area contributed by atoms with Gasteiger partial charge in [0.15, 0.2) is 0 Å². The molecular formula is C22H17N3O2. The van der Waals surface area contributed by atoms with Crippen LogP contribution in [0.5, 0.6) is 0 Å². The van der Waals surface area contributed by atoms with Crippen LogP contribution in [0.4, 0.5) is 0 Å². The summed E-state index contributed by atoms with van der Waals surface area (Å²) in [6.45, 7) is 7.62. The lowest BCUT2D eigenvalue weighted by molar-refractivity contribution is -0.131. The smallest absolute Gasteiger partial charge is 0.328 e. The largest absolute Gasteiger partial charge is 0.478 e. The van der Waals surface area contributed by atoms with Crippen molar-refractivity contribution in [2.75, 3.05) is 0 Å². The third kappa shape index (κ3) is 4.41. The Hall–Kier alpha value is -3.86. The molecule has 0 aliphatic rings. The summed E-state index contributed by atoms with van der Waals surface area (Å²) in [5, 5.41) is 8.79. The second kappa shape index (κ2) is 8.01. The maximum atomic E-state index is 10.7. The second-order valence-corrected chi connectivity index (χ2v) is 5.70. The predicted octanol–water partition coefficient (Wildman–Crippen LogP) is 4.59. The fraction of sp³-hybridized carbons (Fsp3) is 0. The highest BCUT2D eigenvalue weighted by molar-refractivity contribution is 5.85. The first-order valence-corrected chi connectivity index (χ1v) is 8.20. The van der Waals surface area contributed by atoms with Crippen LogP contribution in [0.2, 0.25) is 0 Å². The van der Waals surface area contributed by atoms with Gasteiger partial charge in [0, 0.05) is 18.5 Å². The molecule has 0 aromatic carbocycles. The van der Waals surface area contributed by atoms with Crippen molar-refractivity contribution in [1.82, 2.24) is 15.0 Å². The lowest BCUT2D eigenvalue weighted by Crippen LogP contribution is -1.94. The predicted molar refractivity (Wildman–Crippen MR) is 108 cm³/mol. The van der Waals surface area contributed by atoms with E-state index in [0.717, 1.165) is 28.5 Å². The quantitative estimate of drug-likeness (QED) is 0.655. The van der Waals surface area contributed by atoms with E-state index in [1.54, 1.807) is 36.7 Å². The van der Waals surface area contributed by atoms with Crippen molar-refractivity contribution in [3.63, 3.8) is 0 Å². The summed E-state index contributed by atoms with van der Waals surface area (Å²) < 4.78 is 0. The number of carboxylic acids is 1. The molecule has 0 radical (unpaired) electrons. The Bertz CT molecular complexity index is 1050. The van der Waals surface area contributed by atoms with Crippen molar-refractivity contribution < 1.29 is 9.90 Å². The third-order valence-electron chi connectivity index (χ3n) is 3.83. The first-order valence-electron chi connectivity index (χ1n) is 8.20. The van der Waals surface area contributed by atoms with Gasteiger partial charge in [-0.25, -0.2) is 9.78 Å². The van der Waals surface area contributed by atoms with Crippen LogP contribution < -0.4 is 0 Å². The van der Waals surface area contributed by atoms with Gasteiger partial charge in [-0.15, -0.1) is 0 Å². The van der Waals surface area contributed by atoms with E-state index in [-0.39, 0.29) is 0 Å². The molecule has 0 unspecified atom stereocenters. The molecule has 3 aromatic heterocycles. The molecule has 0 aliphatic heterocycles. The van der Waals surface area contributed by atoms with Gasteiger partial charge in [0.2, 0.25) is 0 Å². The highest BCUT2D eigenvalue weighted by atomic mass is 16.4. The number of rotatable bonds is 6. The molecular weight excluding hydrogens is 338 g/mol. The van der Waals surface area contributed by atoms with Gasteiger partial charge < -0.3 is 5.11 Å². The molecule has 27 heavy (non-hydrogen) atoms. The summed E-state index contributed by atoms with van der Waals surface area (Å²) in [4.78, 5) is 24.2. The normalized spacial score (nSPS) is 10.7. The fourth-order valence-corrected chi connectivity index (χ4v) is 2.50. The highest BCUT2D eigenvalue weighted by Gasteiger charge is 2.09. The average molecular weight is 355 g/mol. The van der Waals surface area contributed by atoms with Gasteiger partial charge in [-0.05, 0) is 59.2 Å². The van der Waals surface area contributed by atoms with E-state index in [2.05, 4.69) is 28.1 Å². The molecule has 3 heterocycles. The number of carboxylic acid groups (broad SMARTS) is 1. The highest BCUT2D eigenvalue weighted by Crippen LogP contribution is 2.24. The molecule has 5 heteroatoms. The van der Waals surface area contributed by atoms with Crippen LogP contribution in [0, 0.1) is 0 Å². The zero-order chi connectivity index (χ0) is 19.2. The van der Waals surface area contributed by atoms with E-state index < -0.39 is 5.97 Å². The third-order valence-corrected chi connectivity index (χ3v) is 3.83. The van der Waals surface area contributed by atoms with Crippen molar-refractivity contribution in [3.8, 4) is 22.8 Å². The maximum Gasteiger partial charge on any atom is 0.328 e. The van der Waals surface area contributed by atoms with Gasteiger partial charge in [-0.1, -0.05) is 25.3 Å². The van der Waals surface area contributed by atoms with E-state index in [1.165, 1.54) is 6.08 Å². The molecule has 0 fully saturated rings. The van der Waals surface area contributed by atoms with Crippen LogP contribution in [-0.4, -0.2) is 26.0 Å². The molecule has 0 aliphatic carbocycles. The minimum absolute atomic E-state index is 0.632.